The van der Waals surface area contributed by atoms with Crippen LogP contribution in [0.25, 0.3) is 10.9 Å². The number of methoxy groups -OCH3 is 2. The molecule has 1 aliphatic heterocycles. The third kappa shape index (κ3) is 6.06. The van der Waals surface area contributed by atoms with E-state index in [9.17, 15) is 18.4 Å². The molecule has 10 nitrogen and oxygen atoms in total. The summed E-state index contributed by atoms with van der Waals surface area (Å²) in [6.45, 7) is 3.95. The average molecular weight is 613 g/mol. The lowest BCUT2D eigenvalue weighted by atomic mass is 10.1. The monoisotopic (exact) mass is 612 g/mol. The van der Waals surface area contributed by atoms with Crippen LogP contribution in [0.2, 0.25) is 5.02 Å². The number of ether oxygens (including phenoxy) is 2. The molecule has 1 aromatic heterocycles. The molecule has 0 bridgehead atoms. The summed E-state index contributed by atoms with van der Waals surface area (Å²) in [6, 6.07) is 11.8. The van der Waals surface area contributed by atoms with Crippen LogP contribution in [-0.4, -0.2) is 68.0 Å². The number of anilines is 2. The summed E-state index contributed by atoms with van der Waals surface area (Å²) in [6.07, 6.45) is 0. The molecule has 1 fully saturated rings. The quantitative estimate of drug-likeness (QED) is 0.313. The van der Waals surface area contributed by atoms with E-state index in [1.165, 1.54) is 23.8 Å². The number of benzene rings is 3. The Morgan fingerprint density at radius 3 is 2.33 bits per heavy atom. The Kier molecular flexibility index (Phi) is 8.69. The van der Waals surface area contributed by atoms with Gasteiger partial charge in [0.15, 0.2) is 17.5 Å². The first-order valence-corrected chi connectivity index (χ1v) is 13.9. The number of halogens is 3. The Labute approximate surface area is 252 Å². The second kappa shape index (κ2) is 12.4. The van der Waals surface area contributed by atoms with Crippen molar-refractivity contribution in [2.75, 3.05) is 62.7 Å². The third-order valence-corrected chi connectivity index (χ3v) is 7.65. The number of rotatable bonds is 7. The van der Waals surface area contributed by atoms with Crippen LogP contribution in [0.1, 0.15) is 18.8 Å². The highest BCUT2D eigenvalue weighted by Crippen LogP contribution is 2.37. The van der Waals surface area contributed by atoms with E-state index in [0.29, 0.717) is 54.1 Å². The molecule has 1 N–H and O–H groups in total. The lowest BCUT2D eigenvalue weighted by Gasteiger charge is -2.38. The van der Waals surface area contributed by atoms with E-state index in [4.69, 9.17) is 21.1 Å². The average Bonchev–Trinajstić information content (AvgIpc) is 3.00. The highest BCUT2D eigenvalue weighted by molar-refractivity contribution is 6.30. The Bertz CT molecular complexity index is 1710. The summed E-state index contributed by atoms with van der Waals surface area (Å²) in [5, 5.41) is 5.10. The number of carbonyl (C=O) groups excluding carboxylic acids is 1. The minimum Gasteiger partial charge on any atom is -0.497 e. The molecule has 4 aromatic rings. The number of piperazine rings is 1. The van der Waals surface area contributed by atoms with Crippen LogP contribution < -0.4 is 30.3 Å². The maximum atomic E-state index is 14.4. The summed E-state index contributed by atoms with van der Waals surface area (Å²) >= 11 is 6.04. The van der Waals surface area contributed by atoms with Crippen molar-refractivity contribution in [1.29, 1.82) is 0 Å². The fourth-order valence-electron chi connectivity index (χ4n) is 5.04. The standard InChI is InChI=1S/C30H31ClF2N6O4/c1-18(28-35-25-17-24(33)23(32)16-22(25)29(40)39(28)37-13-11-36(2)12-14-37)38(26-10-9-21(42-3)15-27(26)43-4)30(41)34-20-7-5-19(31)6-8-20/h5-10,15-18H,11-14H2,1-4H3,(H,34,41). The largest absolute Gasteiger partial charge is 0.497 e. The van der Waals surface area contributed by atoms with Crippen LogP contribution in [0.15, 0.2) is 59.4 Å². The van der Waals surface area contributed by atoms with Gasteiger partial charge in [0, 0.05) is 49.0 Å². The Hall–Kier alpha value is -4.42. The van der Waals surface area contributed by atoms with Crippen molar-refractivity contribution in [2.45, 2.75) is 13.0 Å². The van der Waals surface area contributed by atoms with E-state index < -0.39 is 29.3 Å². The first-order chi connectivity index (χ1) is 20.6. The summed E-state index contributed by atoms with van der Waals surface area (Å²) in [5.74, 6) is -1.31. The van der Waals surface area contributed by atoms with E-state index in [1.807, 2.05) is 12.1 Å². The van der Waals surface area contributed by atoms with Crippen LogP contribution in [-0.2, 0) is 0 Å². The molecule has 43 heavy (non-hydrogen) atoms. The lowest BCUT2D eigenvalue weighted by Crippen LogP contribution is -2.55. The molecule has 0 radical (unpaired) electrons. The van der Waals surface area contributed by atoms with Crippen molar-refractivity contribution in [3.63, 3.8) is 0 Å². The van der Waals surface area contributed by atoms with Crippen molar-refractivity contribution in [3.05, 3.63) is 87.4 Å². The third-order valence-electron chi connectivity index (χ3n) is 7.40. The molecule has 0 spiro atoms. The fourth-order valence-corrected chi connectivity index (χ4v) is 5.16. The molecule has 0 saturated carbocycles. The second-order valence-electron chi connectivity index (χ2n) is 10.1. The number of amides is 2. The Morgan fingerprint density at radius 1 is 1.00 bits per heavy atom. The zero-order valence-corrected chi connectivity index (χ0v) is 24.9. The van der Waals surface area contributed by atoms with Crippen molar-refractivity contribution < 1.29 is 23.0 Å². The maximum absolute atomic E-state index is 14.4. The molecular weight excluding hydrogens is 582 g/mol. The molecule has 5 rings (SSSR count). The number of nitrogens with one attached hydrogen (secondary N) is 1. The van der Waals surface area contributed by atoms with Gasteiger partial charge in [0.25, 0.3) is 5.56 Å². The van der Waals surface area contributed by atoms with Gasteiger partial charge < -0.3 is 24.7 Å². The van der Waals surface area contributed by atoms with E-state index in [1.54, 1.807) is 49.4 Å². The van der Waals surface area contributed by atoms with Crippen molar-refractivity contribution in [2.24, 2.45) is 0 Å². The number of nitrogens with zero attached hydrogens (tertiary/aromatic N) is 5. The SMILES string of the molecule is COc1ccc(N(C(=O)Nc2ccc(Cl)cc2)C(C)c2nc3cc(F)c(F)cc3c(=O)n2N2CCN(C)CC2)c(OC)c1. The number of hydrogen-bond donors (Lipinski definition) is 1. The summed E-state index contributed by atoms with van der Waals surface area (Å²) in [7, 11) is 4.95. The van der Waals surface area contributed by atoms with Crippen molar-refractivity contribution in [1.82, 2.24) is 14.6 Å². The maximum Gasteiger partial charge on any atom is 0.327 e. The van der Waals surface area contributed by atoms with E-state index in [0.717, 1.165) is 12.1 Å². The topological polar surface area (TPSA) is 92.2 Å². The number of fused-ring (bicyclic) bond motifs is 1. The summed E-state index contributed by atoms with van der Waals surface area (Å²) in [4.78, 5) is 36.2. The highest BCUT2D eigenvalue weighted by atomic mass is 35.5. The van der Waals surface area contributed by atoms with Gasteiger partial charge in [0.1, 0.15) is 11.5 Å². The highest BCUT2D eigenvalue weighted by Gasteiger charge is 2.32. The van der Waals surface area contributed by atoms with Gasteiger partial charge >= 0.3 is 6.03 Å². The smallest absolute Gasteiger partial charge is 0.327 e. The number of urea groups is 1. The summed E-state index contributed by atoms with van der Waals surface area (Å²) < 4.78 is 41.0. The zero-order valence-electron chi connectivity index (χ0n) is 24.1. The lowest BCUT2D eigenvalue weighted by molar-refractivity contribution is 0.253. The molecule has 1 unspecified atom stereocenters. The summed E-state index contributed by atoms with van der Waals surface area (Å²) in [5.41, 5.74) is 0.220. The molecular formula is C30H31ClF2N6O4. The minimum absolute atomic E-state index is 0.0316. The Balaban J connectivity index is 1.71. The van der Waals surface area contributed by atoms with Crippen LogP contribution in [0, 0.1) is 11.6 Å². The number of carbonyl (C=O) groups is 1. The number of likely N-dealkylation sites (N-methyl/N-ethyl adjacent to an activating group) is 1. The minimum atomic E-state index is -1.15. The van der Waals surface area contributed by atoms with Gasteiger partial charge in [-0.25, -0.2) is 23.2 Å². The van der Waals surface area contributed by atoms with Crippen molar-refractivity contribution >= 4 is 39.9 Å². The predicted octanol–water partition coefficient (Wildman–Crippen LogP) is 5.03. The van der Waals surface area contributed by atoms with E-state index in [-0.39, 0.29) is 16.7 Å². The zero-order chi connectivity index (χ0) is 30.8. The van der Waals surface area contributed by atoms with Crippen molar-refractivity contribution in [3.8, 4) is 11.5 Å². The van der Waals surface area contributed by atoms with Gasteiger partial charge in [0.05, 0.1) is 36.9 Å². The molecule has 3 aromatic carbocycles. The van der Waals surface area contributed by atoms with Gasteiger partial charge in [-0.15, -0.1) is 0 Å². The van der Waals surface area contributed by atoms with Gasteiger partial charge in [0.2, 0.25) is 0 Å². The molecule has 2 heterocycles. The normalized spacial score (nSPS) is 14.4. The first kappa shape index (κ1) is 30.1. The van der Waals surface area contributed by atoms with E-state index >= 15 is 0 Å². The van der Waals surface area contributed by atoms with Gasteiger partial charge in [-0.2, -0.15) is 0 Å². The van der Waals surface area contributed by atoms with E-state index in [2.05, 4.69) is 15.2 Å². The van der Waals surface area contributed by atoms with Gasteiger partial charge in [-0.05, 0) is 56.4 Å². The number of hydrogen-bond acceptors (Lipinski definition) is 7. The van der Waals surface area contributed by atoms with Crippen LogP contribution in [0.5, 0.6) is 11.5 Å². The second-order valence-corrected chi connectivity index (χ2v) is 10.6. The molecule has 226 valence electrons. The Morgan fingerprint density at radius 2 is 1.67 bits per heavy atom. The van der Waals surface area contributed by atoms with Gasteiger partial charge in [-0.1, -0.05) is 11.6 Å². The molecule has 0 aliphatic carbocycles. The van der Waals surface area contributed by atoms with Crippen LogP contribution >= 0.6 is 11.6 Å². The molecule has 1 atom stereocenters. The molecule has 13 heteroatoms. The number of aromatic nitrogens is 2. The van der Waals surface area contributed by atoms with Crippen LogP contribution in [0.3, 0.4) is 0 Å². The molecule has 1 aliphatic rings. The van der Waals surface area contributed by atoms with Crippen LogP contribution in [0.4, 0.5) is 25.0 Å². The first-order valence-electron chi connectivity index (χ1n) is 13.5. The predicted molar refractivity (Wildman–Crippen MR) is 162 cm³/mol. The fraction of sp³-hybridized carbons (Fsp3) is 0.300. The molecule has 2 amide bonds. The molecule has 1 saturated heterocycles. The van der Waals surface area contributed by atoms with Gasteiger partial charge in [-0.3, -0.25) is 9.69 Å².